The van der Waals surface area contributed by atoms with Crippen LogP contribution in [0, 0.1) is 5.82 Å². The topological polar surface area (TPSA) is 37.3 Å². The predicted molar refractivity (Wildman–Crippen MR) is 70.3 cm³/mol. The molecule has 0 bridgehead atoms. The van der Waals surface area contributed by atoms with E-state index in [4.69, 9.17) is 5.11 Å². The number of carboxylic acid groups (broad SMARTS) is 1. The van der Waals surface area contributed by atoms with Gasteiger partial charge in [0.05, 0.1) is 0 Å². The number of carboxylic acids is 1. The highest BCUT2D eigenvalue weighted by Gasteiger charge is 2.12. The van der Waals surface area contributed by atoms with E-state index >= 15 is 0 Å². The molecule has 0 aliphatic rings. The van der Waals surface area contributed by atoms with Gasteiger partial charge in [0.15, 0.2) is 0 Å². The van der Waals surface area contributed by atoms with Crippen LogP contribution in [-0.4, -0.2) is 11.1 Å². The molecule has 0 fully saturated rings. The van der Waals surface area contributed by atoms with Crippen molar-refractivity contribution >= 4 is 5.97 Å². The summed E-state index contributed by atoms with van der Waals surface area (Å²) in [5.74, 6) is -0.682. The van der Waals surface area contributed by atoms with Crippen molar-refractivity contribution in [3.63, 3.8) is 0 Å². The van der Waals surface area contributed by atoms with Crippen LogP contribution in [0.1, 0.15) is 56.6 Å². The smallest absolute Gasteiger partial charge is 0.303 e. The van der Waals surface area contributed by atoms with Crippen LogP contribution in [0.25, 0.3) is 0 Å². The zero-order chi connectivity index (χ0) is 13.5. The third kappa shape index (κ3) is 4.13. The lowest BCUT2D eigenvalue weighted by molar-refractivity contribution is -0.137. The average Bonchev–Trinajstić information content (AvgIpc) is 2.32. The van der Waals surface area contributed by atoms with Gasteiger partial charge in [-0.05, 0) is 48.8 Å². The van der Waals surface area contributed by atoms with Crippen molar-refractivity contribution in [2.45, 2.75) is 51.9 Å². The van der Waals surface area contributed by atoms with E-state index in [2.05, 4.69) is 13.8 Å². The molecule has 0 radical (unpaired) electrons. The van der Waals surface area contributed by atoms with Crippen molar-refractivity contribution in [2.75, 3.05) is 0 Å². The molecule has 1 N–H and O–H groups in total. The fourth-order valence-corrected chi connectivity index (χ4v) is 2.23. The normalized spacial score (nSPS) is 10.9. The first-order chi connectivity index (χ1) is 8.58. The fraction of sp³-hybridized carbons (Fsp3) is 0.533. The molecule has 1 aromatic carbocycles. The van der Waals surface area contributed by atoms with Gasteiger partial charge in [0.25, 0.3) is 0 Å². The Balaban J connectivity index is 2.69. The van der Waals surface area contributed by atoms with Crippen LogP contribution in [0.5, 0.6) is 0 Å². The summed E-state index contributed by atoms with van der Waals surface area (Å²) in [4.78, 5) is 10.4. The van der Waals surface area contributed by atoms with E-state index in [0.29, 0.717) is 12.8 Å². The molecule has 0 aliphatic carbocycles. The summed E-state index contributed by atoms with van der Waals surface area (Å²) < 4.78 is 13.9. The first-order valence-corrected chi connectivity index (χ1v) is 6.58. The lowest BCUT2D eigenvalue weighted by Gasteiger charge is -2.14. The van der Waals surface area contributed by atoms with Crippen molar-refractivity contribution in [1.29, 1.82) is 0 Å². The molecule has 0 aromatic heterocycles. The molecule has 0 amide bonds. The number of hydrogen-bond acceptors (Lipinski definition) is 1. The van der Waals surface area contributed by atoms with Crippen LogP contribution < -0.4 is 0 Å². The number of benzene rings is 1. The summed E-state index contributed by atoms with van der Waals surface area (Å²) in [5, 5.41) is 8.55. The number of halogens is 1. The third-order valence-electron chi connectivity index (χ3n) is 3.35. The molecule has 1 aromatic rings. The molecule has 100 valence electrons. The molecule has 1 rings (SSSR count). The second-order valence-corrected chi connectivity index (χ2v) is 4.62. The molecule has 0 saturated heterocycles. The lowest BCUT2D eigenvalue weighted by atomic mass is 9.92. The van der Waals surface area contributed by atoms with Crippen molar-refractivity contribution < 1.29 is 14.3 Å². The highest BCUT2D eigenvalue weighted by Crippen LogP contribution is 2.26. The summed E-state index contributed by atoms with van der Waals surface area (Å²) >= 11 is 0. The Hall–Kier alpha value is -1.38. The Kier molecular flexibility index (Phi) is 5.83. The molecule has 0 saturated carbocycles. The lowest BCUT2D eigenvalue weighted by Crippen LogP contribution is -2.01. The molecule has 0 spiro atoms. The minimum atomic E-state index is -0.802. The van der Waals surface area contributed by atoms with E-state index in [9.17, 15) is 9.18 Å². The monoisotopic (exact) mass is 252 g/mol. The van der Waals surface area contributed by atoms with Crippen LogP contribution in [0.4, 0.5) is 4.39 Å². The van der Waals surface area contributed by atoms with Gasteiger partial charge < -0.3 is 5.11 Å². The van der Waals surface area contributed by atoms with Crippen LogP contribution >= 0.6 is 0 Å². The maximum Gasteiger partial charge on any atom is 0.303 e. The first-order valence-electron chi connectivity index (χ1n) is 6.58. The van der Waals surface area contributed by atoms with Gasteiger partial charge >= 0.3 is 5.97 Å². The quantitative estimate of drug-likeness (QED) is 0.792. The predicted octanol–water partition coefficient (Wildman–Crippen LogP) is 4.14. The van der Waals surface area contributed by atoms with E-state index in [1.165, 1.54) is 0 Å². The van der Waals surface area contributed by atoms with Gasteiger partial charge in [-0.2, -0.15) is 0 Å². The van der Waals surface area contributed by atoms with Gasteiger partial charge in [-0.15, -0.1) is 0 Å². The largest absolute Gasteiger partial charge is 0.481 e. The number of aliphatic carboxylic acids is 1. The van der Waals surface area contributed by atoms with E-state index in [1.54, 1.807) is 6.07 Å². The highest BCUT2D eigenvalue weighted by molar-refractivity contribution is 5.66. The van der Waals surface area contributed by atoms with Gasteiger partial charge in [-0.25, -0.2) is 4.39 Å². The summed E-state index contributed by atoms with van der Waals surface area (Å²) in [6, 6.07) is 5.32. The van der Waals surface area contributed by atoms with Crippen molar-refractivity contribution in [3.05, 3.63) is 35.1 Å². The van der Waals surface area contributed by atoms with E-state index in [1.807, 2.05) is 12.1 Å². The van der Waals surface area contributed by atoms with Crippen LogP contribution in [0.3, 0.4) is 0 Å². The summed E-state index contributed by atoms with van der Waals surface area (Å²) in [7, 11) is 0. The second-order valence-electron chi connectivity index (χ2n) is 4.62. The van der Waals surface area contributed by atoms with Gasteiger partial charge in [0, 0.05) is 6.42 Å². The average molecular weight is 252 g/mol. The van der Waals surface area contributed by atoms with Gasteiger partial charge in [-0.1, -0.05) is 26.0 Å². The standard InChI is InChI=1S/C15H21FO2/c1-3-12(4-2)13-9-8-11(10-14(13)16)6-5-7-15(17)18/h8-10,12H,3-7H2,1-2H3,(H,17,18). The first kappa shape index (κ1) is 14.7. The maximum absolute atomic E-state index is 13.9. The fourth-order valence-electron chi connectivity index (χ4n) is 2.23. The van der Waals surface area contributed by atoms with Gasteiger partial charge in [0.2, 0.25) is 0 Å². The molecular formula is C15H21FO2. The Morgan fingerprint density at radius 3 is 2.50 bits per heavy atom. The Bertz CT molecular complexity index is 397. The molecule has 2 nitrogen and oxygen atoms in total. The molecular weight excluding hydrogens is 231 g/mol. The Morgan fingerprint density at radius 1 is 1.33 bits per heavy atom. The molecule has 0 atom stereocenters. The highest BCUT2D eigenvalue weighted by atomic mass is 19.1. The molecule has 0 heterocycles. The SMILES string of the molecule is CCC(CC)c1ccc(CCCC(=O)O)cc1F. The van der Waals surface area contributed by atoms with Crippen molar-refractivity contribution in [2.24, 2.45) is 0 Å². The van der Waals surface area contributed by atoms with E-state index in [0.717, 1.165) is 24.0 Å². The summed E-state index contributed by atoms with van der Waals surface area (Å²) in [6.07, 6.45) is 3.18. The number of aryl methyl sites for hydroxylation is 1. The van der Waals surface area contributed by atoms with Crippen molar-refractivity contribution in [3.8, 4) is 0 Å². The van der Waals surface area contributed by atoms with Crippen LogP contribution in [0.15, 0.2) is 18.2 Å². The number of carbonyl (C=O) groups is 1. The van der Waals surface area contributed by atoms with Crippen LogP contribution in [-0.2, 0) is 11.2 Å². The minimum Gasteiger partial charge on any atom is -0.481 e. The number of rotatable bonds is 7. The molecule has 18 heavy (non-hydrogen) atoms. The van der Waals surface area contributed by atoms with Crippen LogP contribution in [0.2, 0.25) is 0 Å². The number of hydrogen-bond donors (Lipinski definition) is 1. The Labute approximate surface area is 108 Å². The van der Waals surface area contributed by atoms with E-state index in [-0.39, 0.29) is 18.2 Å². The molecule has 0 aliphatic heterocycles. The third-order valence-corrected chi connectivity index (χ3v) is 3.35. The summed E-state index contributed by atoms with van der Waals surface area (Å²) in [6.45, 7) is 4.13. The summed E-state index contributed by atoms with van der Waals surface area (Å²) in [5.41, 5.74) is 1.66. The van der Waals surface area contributed by atoms with Crippen molar-refractivity contribution in [1.82, 2.24) is 0 Å². The Morgan fingerprint density at radius 2 is 2.00 bits per heavy atom. The molecule has 3 heteroatoms. The maximum atomic E-state index is 13.9. The molecule has 0 unspecified atom stereocenters. The van der Waals surface area contributed by atoms with E-state index < -0.39 is 5.97 Å². The van der Waals surface area contributed by atoms with Gasteiger partial charge in [-0.3, -0.25) is 4.79 Å². The zero-order valence-corrected chi connectivity index (χ0v) is 11.1. The van der Waals surface area contributed by atoms with Gasteiger partial charge in [0.1, 0.15) is 5.82 Å². The second kappa shape index (κ2) is 7.14. The zero-order valence-electron chi connectivity index (χ0n) is 11.1. The minimum absolute atomic E-state index is 0.135.